The lowest BCUT2D eigenvalue weighted by Crippen LogP contribution is -2.35. The van der Waals surface area contributed by atoms with Gasteiger partial charge in [0, 0.05) is 6.92 Å². The molecule has 0 saturated carbocycles. The van der Waals surface area contributed by atoms with Gasteiger partial charge in [0.15, 0.2) is 6.17 Å². The summed E-state index contributed by atoms with van der Waals surface area (Å²) in [6.45, 7) is 1.96. The van der Waals surface area contributed by atoms with Crippen molar-refractivity contribution in [1.82, 2.24) is 0 Å². The first-order valence-corrected chi connectivity index (χ1v) is 8.87. The number of alkyl halides is 1. The molecule has 1 aliphatic heterocycles. The summed E-state index contributed by atoms with van der Waals surface area (Å²) in [4.78, 5) is 11.2. The van der Waals surface area contributed by atoms with Crippen LogP contribution in [0.1, 0.15) is 18.1 Å². The first-order chi connectivity index (χ1) is 13.1. The number of halogens is 1. The zero-order valence-electron chi connectivity index (χ0n) is 15.1. The zero-order chi connectivity index (χ0) is 19.1. The third-order valence-corrected chi connectivity index (χ3v) is 4.21. The van der Waals surface area contributed by atoms with Crippen LogP contribution in [0.5, 0.6) is 0 Å². The van der Waals surface area contributed by atoms with Crippen molar-refractivity contribution in [2.24, 2.45) is 0 Å². The van der Waals surface area contributed by atoms with E-state index in [0.717, 1.165) is 11.1 Å². The lowest BCUT2D eigenvalue weighted by atomic mass is 10.1. The Morgan fingerprint density at radius 2 is 1.59 bits per heavy atom. The number of esters is 1. The maximum absolute atomic E-state index is 14.7. The zero-order valence-corrected chi connectivity index (χ0v) is 15.1. The Bertz CT molecular complexity index is 709. The quantitative estimate of drug-likeness (QED) is 0.663. The molecule has 3 rings (SSSR count). The van der Waals surface area contributed by atoms with Crippen molar-refractivity contribution in [1.29, 1.82) is 0 Å². The van der Waals surface area contributed by atoms with Crippen LogP contribution in [0.2, 0.25) is 0 Å². The molecule has 2 aromatic carbocycles. The first kappa shape index (κ1) is 19.5. The van der Waals surface area contributed by atoms with Crippen molar-refractivity contribution in [3.8, 4) is 0 Å². The smallest absolute Gasteiger partial charge is 0.305 e. The third kappa shape index (κ3) is 5.60. The van der Waals surface area contributed by atoms with Crippen molar-refractivity contribution in [2.45, 2.75) is 44.8 Å². The molecule has 5 nitrogen and oxygen atoms in total. The van der Waals surface area contributed by atoms with E-state index in [9.17, 15) is 9.18 Å². The predicted octanol–water partition coefficient (Wildman–Crippen LogP) is 3.41. The van der Waals surface area contributed by atoms with Crippen molar-refractivity contribution in [3.63, 3.8) is 0 Å². The van der Waals surface area contributed by atoms with Crippen LogP contribution >= 0.6 is 0 Å². The van der Waals surface area contributed by atoms with E-state index < -0.39 is 30.6 Å². The Balaban J connectivity index is 1.59. The number of carbonyl (C=O) groups is 1. The van der Waals surface area contributed by atoms with Gasteiger partial charge in [-0.2, -0.15) is 0 Å². The van der Waals surface area contributed by atoms with E-state index >= 15 is 0 Å². The summed E-state index contributed by atoms with van der Waals surface area (Å²) in [5, 5.41) is 0. The number of benzene rings is 2. The molecule has 0 unspecified atom stereocenters. The molecule has 6 heteroatoms. The van der Waals surface area contributed by atoms with Crippen LogP contribution in [-0.4, -0.2) is 37.2 Å². The van der Waals surface area contributed by atoms with Crippen molar-refractivity contribution in [2.75, 3.05) is 6.61 Å². The molecule has 0 radical (unpaired) electrons. The number of carbonyl (C=O) groups excluding carboxylic acids is 1. The molecule has 4 atom stereocenters. The molecular formula is C21H23FO5. The van der Waals surface area contributed by atoms with Gasteiger partial charge in [0.05, 0.1) is 19.8 Å². The monoisotopic (exact) mass is 374 g/mol. The van der Waals surface area contributed by atoms with E-state index in [1.54, 1.807) is 0 Å². The maximum atomic E-state index is 14.7. The molecule has 1 saturated heterocycles. The fourth-order valence-electron chi connectivity index (χ4n) is 2.91. The second-order valence-electron chi connectivity index (χ2n) is 6.36. The molecule has 0 spiro atoms. The minimum absolute atomic E-state index is 0.131. The molecule has 0 N–H and O–H groups in total. The Labute approximate surface area is 158 Å². The molecule has 144 valence electrons. The molecule has 1 heterocycles. The second-order valence-corrected chi connectivity index (χ2v) is 6.36. The van der Waals surface area contributed by atoms with Crippen LogP contribution in [0.4, 0.5) is 4.39 Å². The molecule has 1 fully saturated rings. The topological polar surface area (TPSA) is 54.0 Å². The predicted molar refractivity (Wildman–Crippen MR) is 96.4 cm³/mol. The summed E-state index contributed by atoms with van der Waals surface area (Å²) in [6.07, 6.45) is -4.42. The minimum atomic E-state index is -1.58. The fourth-order valence-corrected chi connectivity index (χ4v) is 2.91. The molecule has 0 bridgehead atoms. The summed E-state index contributed by atoms with van der Waals surface area (Å²) < 4.78 is 36.7. The van der Waals surface area contributed by atoms with Gasteiger partial charge in [0.1, 0.15) is 12.2 Å². The van der Waals surface area contributed by atoms with Crippen molar-refractivity contribution in [3.05, 3.63) is 71.8 Å². The van der Waals surface area contributed by atoms with Gasteiger partial charge in [0.25, 0.3) is 0 Å². The van der Waals surface area contributed by atoms with Gasteiger partial charge >= 0.3 is 5.97 Å². The lowest BCUT2D eigenvalue weighted by Gasteiger charge is -2.19. The highest BCUT2D eigenvalue weighted by molar-refractivity contribution is 5.66. The Morgan fingerprint density at radius 3 is 2.19 bits per heavy atom. The molecule has 2 aromatic rings. The van der Waals surface area contributed by atoms with Crippen LogP contribution < -0.4 is 0 Å². The number of rotatable bonds is 8. The van der Waals surface area contributed by atoms with Gasteiger partial charge in [-0.3, -0.25) is 4.79 Å². The Hall–Kier alpha value is -2.28. The van der Waals surface area contributed by atoms with Gasteiger partial charge < -0.3 is 18.9 Å². The van der Waals surface area contributed by atoms with E-state index in [1.165, 1.54) is 6.92 Å². The van der Waals surface area contributed by atoms with Gasteiger partial charge in [-0.15, -0.1) is 0 Å². The third-order valence-electron chi connectivity index (χ3n) is 4.21. The van der Waals surface area contributed by atoms with E-state index in [4.69, 9.17) is 18.9 Å². The molecule has 0 amide bonds. The highest BCUT2D eigenvalue weighted by atomic mass is 19.1. The average molecular weight is 374 g/mol. The maximum Gasteiger partial charge on any atom is 0.305 e. The van der Waals surface area contributed by atoms with E-state index in [1.807, 2.05) is 60.7 Å². The largest absolute Gasteiger partial charge is 0.433 e. The van der Waals surface area contributed by atoms with E-state index in [0.29, 0.717) is 6.61 Å². The second kappa shape index (κ2) is 9.60. The van der Waals surface area contributed by atoms with Crippen LogP contribution in [-0.2, 0) is 37.0 Å². The molecule has 1 aliphatic rings. The summed E-state index contributed by atoms with van der Waals surface area (Å²) >= 11 is 0. The molecule has 27 heavy (non-hydrogen) atoms. The van der Waals surface area contributed by atoms with Crippen LogP contribution in [0.25, 0.3) is 0 Å². The molecular weight excluding hydrogens is 351 g/mol. The van der Waals surface area contributed by atoms with E-state index in [-0.39, 0.29) is 13.2 Å². The first-order valence-electron chi connectivity index (χ1n) is 8.87. The summed E-state index contributed by atoms with van der Waals surface area (Å²) in [7, 11) is 0. The minimum Gasteiger partial charge on any atom is -0.433 e. The van der Waals surface area contributed by atoms with Crippen molar-refractivity contribution >= 4 is 5.97 Å². The van der Waals surface area contributed by atoms with Gasteiger partial charge in [-0.1, -0.05) is 60.7 Å². The van der Waals surface area contributed by atoms with Crippen LogP contribution in [0.15, 0.2) is 60.7 Å². The summed E-state index contributed by atoms with van der Waals surface area (Å²) in [6, 6.07) is 19.1. The summed E-state index contributed by atoms with van der Waals surface area (Å²) in [5.41, 5.74) is 1.93. The SMILES string of the molecule is CC(=O)O[C@@H]1O[C@H](COCc2ccccc2)[C@@H](OCc2ccccc2)[C@H]1F. The fraction of sp³-hybridized carbons (Fsp3) is 0.381. The number of hydrogen-bond acceptors (Lipinski definition) is 5. The highest BCUT2D eigenvalue weighted by Crippen LogP contribution is 2.29. The normalized spacial score (nSPS) is 24.7. The van der Waals surface area contributed by atoms with Gasteiger partial charge in [-0.05, 0) is 11.1 Å². The van der Waals surface area contributed by atoms with Gasteiger partial charge in [0.2, 0.25) is 6.29 Å². The standard InChI is InChI=1S/C21H23FO5/c1-15(23)26-21-19(22)20(25-13-17-10-6-3-7-11-17)18(27-21)14-24-12-16-8-4-2-5-9-16/h2-11,18-21H,12-14H2,1H3/t18-,19-,20-,21-/m1/s1. The van der Waals surface area contributed by atoms with Gasteiger partial charge in [-0.25, -0.2) is 4.39 Å². The number of ether oxygens (including phenoxy) is 4. The number of hydrogen-bond donors (Lipinski definition) is 0. The highest BCUT2D eigenvalue weighted by Gasteiger charge is 2.48. The van der Waals surface area contributed by atoms with Crippen LogP contribution in [0.3, 0.4) is 0 Å². The lowest BCUT2D eigenvalue weighted by molar-refractivity contribution is -0.183. The van der Waals surface area contributed by atoms with Crippen LogP contribution in [0, 0.1) is 0 Å². The van der Waals surface area contributed by atoms with Crippen molar-refractivity contribution < 1.29 is 28.1 Å². The van der Waals surface area contributed by atoms with E-state index in [2.05, 4.69) is 0 Å². The molecule has 0 aliphatic carbocycles. The molecule has 0 aromatic heterocycles. The summed E-state index contributed by atoms with van der Waals surface area (Å²) in [5.74, 6) is -0.602. The Kier molecular flexibility index (Phi) is 6.92. The Morgan fingerprint density at radius 1 is 1.00 bits per heavy atom. The average Bonchev–Trinajstić information content (AvgIpc) is 2.96.